The third-order valence-corrected chi connectivity index (χ3v) is 6.44. The maximum atomic E-state index is 12.5. The zero-order valence-electron chi connectivity index (χ0n) is 20.4. The molecule has 0 spiro atoms. The number of nitrogens with one attached hydrogen (secondary N) is 1. The van der Waals surface area contributed by atoms with Crippen molar-refractivity contribution >= 4 is 17.6 Å². The van der Waals surface area contributed by atoms with Crippen LogP contribution >= 0.6 is 0 Å². The van der Waals surface area contributed by atoms with Crippen LogP contribution in [0.2, 0.25) is 0 Å². The molecule has 0 aromatic heterocycles. The summed E-state index contributed by atoms with van der Waals surface area (Å²) in [4.78, 5) is 23.7. The highest BCUT2D eigenvalue weighted by Gasteiger charge is 2.31. The lowest BCUT2D eigenvalue weighted by Gasteiger charge is -2.37. The van der Waals surface area contributed by atoms with Crippen LogP contribution in [-0.2, 0) is 16.1 Å². The predicted molar refractivity (Wildman–Crippen MR) is 130 cm³/mol. The van der Waals surface area contributed by atoms with Gasteiger partial charge in [0.2, 0.25) is 5.91 Å². The molecule has 2 N–H and O–H groups in total. The molecule has 1 aliphatic carbocycles. The molecule has 2 aromatic rings. The van der Waals surface area contributed by atoms with Gasteiger partial charge in [0, 0.05) is 17.3 Å². The summed E-state index contributed by atoms with van der Waals surface area (Å²) < 4.78 is 17.2. The second-order valence-electron chi connectivity index (χ2n) is 9.37. The van der Waals surface area contributed by atoms with Crippen molar-refractivity contribution in [3.05, 3.63) is 53.6 Å². The summed E-state index contributed by atoms with van der Waals surface area (Å²) in [6, 6.07) is 11.8. The van der Waals surface area contributed by atoms with Gasteiger partial charge >= 0.3 is 5.97 Å². The number of carboxylic acids is 1. The van der Waals surface area contributed by atoms with E-state index in [2.05, 4.69) is 26.1 Å². The highest BCUT2D eigenvalue weighted by atomic mass is 16.5. The molecule has 0 aliphatic heterocycles. The molecule has 3 atom stereocenters. The van der Waals surface area contributed by atoms with Crippen LogP contribution in [-0.4, -0.2) is 36.8 Å². The van der Waals surface area contributed by atoms with Crippen LogP contribution in [0.25, 0.3) is 0 Å². The van der Waals surface area contributed by atoms with Crippen molar-refractivity contribution < 1.29 is 28.9 Å². The minimum atomic E-state index is -1.02. The fraction of sp³-hybridized carbons (Fsp3) is 0.481. The van der Waals surface area contributed by atoms with Crippen LogP contribution in [0.3, 0.4) is 0 Å². The van der Waals surface area contributed by atoms with E-state index in [4.69, 9.17) is 19.3 Å². The lowest BCUT2D eigenvalue weighted by atomic mass is 9.75. The molecule has 2 aromatic carbocycles. The van der Waals surface area contributed by atoms with Gasteiger partial charge in [0.15, 0.2) is 0 Å². The van der Waals surface area contributed by atoms with E-state index in [9.17, 15) is 9.59 Å². The van der Waals surface area contributed by atoms with Crippen molar-refractivity contribution in [2.45, 2.75) is 52.7 Å². The summed E-state index contributed by atoms with van der Waals surface area (Å²) in [6.07, 6.45) is 3.48. The third kappa shape index (κ3) is 6.97. The number of hydrogen-bond acceptors (Lipinski definition) is 5. The maximum Gasteiger partial charge on any atom is 0.335 e. The molecule has 184 valence electrons. The Morgan fingerprint density at radius 1 is 1.15 bits per heavy atom. The number of amides is 1. The molecule has 0 heterocycles. The number of carbonyl (C=O) groups excluding carboxylic acids is 1. The van der Waals surface area contributed by atoms with Gasteiger partial charge in [-0.1, -0.05) is 39.3 Å². The molecule has 0 radical (unpaired) electrons. The van der Waals surface area contributed by atoms with E-state index in [1.54, 1.807) is 30.3 Å². The Morgan fingerprint density at radius 2 is 1.94 bits per heavy atom. The van der Waals surface area contributed by atoms with Crippen LogP contribution in [0.5, 0.6) is 11.5 Å². The smallest absolute Gasteiger partial charge is 0.335 e. The molecule has 7 heteroatoms. The molecular weight excluding hydrogens is 434 g/mol. The van der Waals surface area contributed by atoms with Crippen LogP contribution < -0.4 is 14.8 Å². The summed E-state index contributed by atoms with van der Waals surface area (Å²) >= 11 is 0. The molecule has 1 fully saturated rings. The van der Waals surface area contributed by atoms with Gasteiger partial charge in [-0.25, -0.2) is 4.79 Å². The van der Waals surface area contributed by atoms with Crippen LogP contribution in [0.1, 0.15) is 56.0 Å². The summed E-state index contributed by atoms with van der Waals surface area (Å²) in [7, 11) is 1.49. The fourth-order valence-electron chi connectivity index (χ4n) is 4.51. The average Bonchev–Trinajstić information content (AvgIpc) is 2.81. The fourth-order valence-corrected chi connectivity index (χ4v) is 4.51. The normalized spacial score (nSPS) is 20.1. The van der Waals surface area contributed by atoms with Crippen molar-refractivity contribution in [3.63, 3.8) is 0 Å². The summed E-state index contributed by atoms with van der Waals surface area (Å²) in [5.41, 5.74) is 1.49. The van der Waals surface area contributed by atoms with Crippen LogP contribution in [0, 0.1) is 17.8 Å². The molecule has 0 saturated heterocycles. The highest BCUT2D eigenvalue weighted by Crippen LogP contribution is 2.35. The van der Waals surface area contributed by atoms with E-state index in [-0.39, 0.29) is 30.8 Å². The van der Waals surface area contributed by atoms with Gasteiger partial charge in [-0.05, 0) is 54.9 Å². The summed E-state index contributed by atoms with van der Waals surface area (Å²) in [6.45, 7) is 6.91. The molecule has 3 unspecified atom stereocenters. The van der Waals surface area contributed by atoms with Crippen LogP contribution in [0.4, 0.5) is 5.69 Å². The molecule has 1 saturated carbocycles. The van der Waals surface area contributed by atoms with Crippen LogP contribution in [0.15, 0.2) is 42.5 Å². The van der Waals surface area contributed by atoms with Crippen molar-refractivity contribution in [3.8, 4) is 11.5 Å². The Bertz CT molecular complexity index is 989. The number of carbonyl (C=O) groups is 2. The van der Waals surface area contributed by atoms with Gasteiger partial charge < -0.3 is 24.6 Å². The minimum absolute atomic E-state index is 0.0266. The number of ether oxygens (including phenoxy) is 3. The second-order valence-corrected chi connectivity index (χ2v) is 9.37. The summed E-state index contributed by atoms with van der Waals surface area (Å²) in [5.74, 6) is 1.45. The van der Waals surface area contributed by atoms with Gasteiger partial charge in [-0.2, -0.15) is 0 Å². The standard InChI is InChI=1S/C27H35NO6/c1-17(2)23-11-8-18(3)12-25(23)34-16-26(29)28-21-6-5-7-22(14-21)33-15-20-10-9-19(27(30)31)13-24(20)32-4/h5-7,9-10,13-14,17-18,23,25H,8,11-12,15-16H2,1-4H3,(H,28,29)(H,30,31). The van der Waals surface area contributed by atoms with E-state index in [0.717, 1.165) is 18.4 Å². The number of aromatic carboxylic acids is 1. The molecule has 7 nitrogen and oxygen atoms in total. The number of rotatable bonds is 10. The number of benzene rings is 2. The monoisotopic (exact) mass is 469 g/mol. The average molecular weight is 470 g/mol. The Morgan fingerprint density at radius 3 is 2.65 bits per heavy atom. The van der Waals surface area contributed by atoms with Gasteiger partial charge in [0.1, 0.15) is 24.7 Å². The van der Waals surface area contributed by atoms with Crippen molar-refractivity contribution in [1.82, 2.24) is 0 Å². The first kappa shape index (κ1) is 25.6. The SMILES string of the molecule is COc1cc(C(=O)O)ccc1COc1cccc(NC(=O)COC2CC(C)CCC2C(C)C)c1. The number of methoxy groups -OCH3 is 1. The first-order valence-electron chi connectivity index (χ1n) is 11.8. The molecule has 1 amide bonds. The van der Waals surface area contributed by atoms with E-state index in [0.29, 0.717) is 34.9 Å². The lowest BCUT2D eigenvalue weighted by molar-refractivity contribution is -0.126. The number of anilines is 1. The Hall–Kier alpha value is -3.06. The number of hydrogen-bond donors (Lipinski definition) is 2. The molecule has 34 heavy (non-hydrogen) atoms. The third-order valence-electron chi connectivity index (χ3n) is 6.44. The quantitative estimate of drug-likeness (QED) is 0.485. The maximum absolute atomic E-state index is 12.5. The molecule has 3 rings (SSSR count). The van der Waals surface area contributed by atoms with Crippen molar-refractivity contribution in [2.75, 3.05) is 19.0 Å². The van der Waals surface area contributed by atoms with Crippen molar-refractivity contribution in [2.24, 2.45) is 17.8 Å². The Labute approximate surface area is 201 Å². The van der Waals surface area contributed by atoms with E-state index in [1.165, 1.54) is 25.7 Å². The first-order valence-corrected chi connectivity index (χ1v) is 11.8. The summed E-state index contributed by atoms with van der Waals surface area (Å²) in [5, 5.41) is 12.0. The van der Waals surface area contributed by atoms with E-state index >= 15 is 0 Å². The van der Waals surface area contributed by atoms with Gasteiger partial charge in [-0.15, -0.1) is 0 Å². The molecule has 1 aliphatic rings. The zero-order valence-corrected chi connectivity index (χ0v) is 20.4. The molecule has 0 bridgehead atoms. The topological polar surface area (TPSA) is 94.1 Å². The second kappa shape index (κ2) is 11.9. The van der Waals surface area contributed by atoms with E-state index in [1.807, 2.05) is 0 Å². The Kier molecular flexibility index (Phi) is 8.93. The molecular formula is C27H35NO6. The lowest BCUT2D eigenvalue weighted by Crippen LogP contribution is -2.36. The largest absolute Gasteiger partial charge is 0.496 e. The van der Waals surface area contributed by atoms with Crippen molar-refractivity contribution in [1.29, 1.82) is 0 Å². The van der Waals surface area contributed by atoms with Gasteiger partial charge in [-0.3, -0.25) is 4.79 Å². The number of carboxylic acid groups (broad SMARTS) is 1. The first-order chi connectivity index (χ1) is 16.3. The highest BCUT2D eigenvalue weighted by molar-refractivity contribution is 5.91. The predicted octanol–water partition coefficient (Wildman–Crippen LogP) is 5.39. The Balaban J connectivity index is 1.55. The zero-order chi connectivity index (χ0) is 24.7. The van der Waals surface area contributed by atoms with E-state index < -0.39 is 5.97 Å². The van der Waals surface area contributed by atoms with Gasteiger partial charge in [0.25, 0.3) is 0 Å². The minimum Gasteiger partial charge on any atom is -0.496 e. The van der Waals surface area contributed by atoms with Gasteiger partial charge in [0.05, 0.1) is 18.8 Å².